The van der Waals surface area contributed by atoms with Gasteiger partial charge in [-0.1, -0.05) is 27.2 Å². The molecule has 3 heteroatoms. The molecule has 1 aliphatic heterocycles. The van der Waals surface area contributed by atoms with Crippen molar-refractivity contribution in [1.82, 2.24) is 10.2 Å². The van der Waals surface area contributed by atoms with Gasteiger partial charge in [0.1, 0.15) is 0 Å². The lowest BCUT2D eigenvalue weighted by Crippen LogP contribution is -2.53. The highest BCUT2D eigenvalue weighted by atomic mass is 16.5. The van der Waals surface area contributed by atoms with Crippen molar-refractivity contribution in [2.75, 3.05) is 33.4 Å². The SMILES string of the molecule is CCCNC(CCC)C(CC)N1CCCC(COC)C1. The molecule has 3 nitrogen and oxygen atoms in total. The van der Waals surface area contributed by atoms with Crippen LogP contribution in [0.15, 0.2) is 0 Å². The van der Waals surface area contributed by atoms with Gasteiger partial charge in [-0.3, -0.25) is 4.90 Å². The van der Waals surface area contributed by atoms with Crippen molar-refractivity contribution in [2.45, 2.75) is 71.4 Å². The molecule has 1 saturated heterocycles. The van der Waals surface area contributed by atoms with Gasteiger partial charge in [-0.05, 0) is 51.1 Å². The van der Waals surface area contributed by atoms with E-state index in [1.165, 1.54) is 51.6 Å². The second-order valence-corrected chi connectivity index (χ2v) is 6.28. The quantitative estimate of drug-likeness (QED) is 0.666. The molecule has 3 unspecified atom stereocenters. The monoisotopic (exact) mass is 284 g/mol. The molecule has 20 heavy (non-hydrogen) atoms. The molecule has 0 radical (unpaired) electrons. The summed E-state index contributed by atoms with van der Waals surface area (Å²) in [7, 11) is 1.83. The number of hydrogen-bond acceptors (Lipinski definition) is 3. The van der Waals surface area contributed by atoms with Gasteiger partial charge in [0, 0.05) is 25.7 Å². The zero-order valence-corrected chi connectivity index (χ0v) is 14.2. The molecule has 0 aromatic heterocycles. The molecule has 3 atom stereocenters. The van der Waals surface area contributed by atoms with Crippen LogP contribution in [0.5, 0.6) is 0 Å². The number of nitrogens with zero attached hydrogens (tertiary/aromatic N) is 1. The van der Waals surface area contributed by atoms with E-state index in [2.05, 4.69) is 31.0 Å². The summed E-state index contributed by atoms with van der Waals surface area (Å²) in [6.07, 6.45) is 7.71. The Morgan fingerprint density at radius 2 is 2.05 bits per heavy atom. The average Bonchev–Trinajstić information content (AvgIpc) is 2.46. The van der Waals surface area contributed by atoms with Crippen molar-refractivity contribution in [3.8, 4) is 0 Å². The van der Waals surface area contributed by atoms with Crippen LogP contribution in [0.1, 0.15) is 59.3 Å². The molecule has 0 saturated carbocycles. The minimum absolute atomic E-state index is 0.659. The minimum Gasteiger partial charge on any atom is -0.384 e. The summed E-state index contributed by atoms with van der Waals surface area (Å²) < 4.78 is 5.37. The number of nitrogens with one attached hydrogen (secondary N) is 1. The molecule has 1 aliphatic rings. The van der Waals surface area contributed by atoms with Gasteiger partial charge < -0.3 is 10.1 Å². The van der Waals surface area contributed by atoms with Gasteiger partial charge in [0.2, 0.25) is 0 Å². The van der Waals surface area contributed by atoms with Crippen LogP contribution in [0.2, 0.25) is 0 Å². The average molecular weight is 284 g/mol. The second kappa shape index (κ2) is 10.6. The van der Waals surface area contributed by atoms with Gasteiger partial charge >= 0.3 is 0 Å². The molecule has 1 rings (SSSR count). The first-order chi connectivity index (χ1) is 9.76. The van der Waals surface area contributed by atoms with Crippen LogP contribution in [0.25, 0.3) is 0 Å². The molecular weight excluding hydrogens is 248 g/mol. The Bertz CT molecular complexity index is 233. The number of rotatable bonds is 10. The van der Waals surface area contributed by atoms with E-state index in [1.54, 1.807) is 0 Å². The molecule has 120 valence electrons. The van der Waals surface area contributed by atoms with Crippen LogP contribution >= 0.6 is 0 Å². The molecule has 0 aliphatic carbocycles. The van der Waals surface area contributed by atoms with Gasteiger partial charge in [0.05, 0.1) is 6.61 Å². The second-order valence-electron chi connectivity index (χ2n) is 6.28. The molecule has 0 aromatic carbocycles. The normalized spacial score (nSPS) is 23.7. The fraction of sp³-hybridized carbons (Fsp3) is 1.00. The van der Waals surface area contributed by atoms with Crippen molar-refractivity contribution in [3.05, 3.63) is 0 Å². The Hall–Kier alpha value is -0.120. The van der Waals surface area contributed by atoms with E-state index in [0.29, 0.717) is 12.1 Å². The highest BCUT2D eigenvalue weighted by Crippen LogP contribution is 2.23. The largest absolute Gasteiger partial charge is 0.384 e. The lowest BCUT2D eigenvalue weighted by atomic mass is 9.92. The summed E-state index contributed by atoms with van der Waals surface area (Å²) in [6, 6.07) is 1.35. The van der Waals surface area contributed by atoms with E-state index in [9.17, 15) is 0 Å². The lowest BCUT2D eigenvalue weighted by molar-refractivity contribution is 0.0534. The van der Waals surface area contributed by atoms with Gasteiger partial charge in [-0.25, -0.2) is 0 Å². The van der Waals surface area contributed by atoms with Crippen LogP contribution in [0.4, 0.5) is 0 Å². The predicted molar refractivity (Wildman–Crippen MR) is 87.2 cm³/mol. The van der Waals surface area contributed by atoms with E-state index < -0.39 is 0 Å². The smallest absolute Gasteiger partial charge is 0.0502 e. The maximum atomic E-state index is 5.37. The highest BCUT2D eigenvalue weighted by molar-refractivity contribution is 4.87. The van der Waals surface area contributed by atoms with Crippen molar-refractivity contribution in [3.63, 3.8) is 0 Å². The summed E-state index contributed by atoms with van der Waals surface area (Å²) >= 11 is 0. The van der Waals surface area contributed by atoms with Crippen LogP contribution in [-0.4, -0.2) is 50.3 Å². The molecule has 0 spiro atoms. The van der Waals surface area contributed by atoms with E-state index in [1.807, 2.05) is 7.11 Å². The topological polar surface area (TPSA) is 24.5 Å². The summed E-state index contributed by atoms with van der Waals surface area (Å²) in [4.78, 5) is 2.73. The molecule has 1 fully saturated rings. The van der Waals surface area contributed by atoms with Crippen molar-refractivity contribution < 1.29 is 4.74 Å². The molecule has 0 aromatic rings. The fourth-order valence-corrected chi connectivity index (χ4v) is 3.64. The number of piperidine rings is 1. The van der Waals surface area contributed by atoms with E-state index >= 15 is 0 Å². The number of likely N-dealkylation sites (tertiary alicyclic amines) is 1. The Morgan fingerprint density at radius 3 is 2.65 bits per heavy atom. The summed E-state index contributed by atoms with van der Waals surface area (Å²) in [5.41, 5.74) is 0. The third kappa shape index (κ3) is 5.71. The van der Waals surface area contributed by atoms with Gasteiger partial charge in [0.15, 0.2) is 0 Å². The zero-order chi connectivity index (χ0) is 14.8. The Balaban J connectivity index is 2.60. The summed E-state index contributed by atoms with van der Waals surface area (Å²) in [5.74, 6) is 0.733. The van der Waals surface area contributed by atoms with Gasteiger partial charge in [0.25, 0.3) is 0 Å². The summed E-state index contributed by atoms with van der Waals surface area (Å²) in [5, 5.41) is 3.79. The first kappa shape index (κ1) is 17.9. The molecule has 0 amide bonds. The maximum Gasteiger partial charge on any atom is 0.0502 e. The zero-order valence-electron chi connectivity index (χ0n) is 14.2. The highest BCUT2D eigenvalue weighted by Gasteiger charge is 2.29. The van der Waals surface area contributed by atoms with Crippen molar-refractivity contribution >= 4 is 0 Å². The third-order valence-corrected chi connectivity index (χ3v) is 4.56. The Labute approximate surface area is 126 Å². The minimum atomic E-state index is 0.659. The number of ether oxygens (including phenoxy) is 1. The van der Waals surface area contributed by atoms with Crippen molar-refractivity contribution in [2.24, 2.45) is 5.92 Å². The first-order valence-corrected chi connectivity index (χ1v) is 8.73. The molecule has 1 N–H and O–H groups in total. The van der Waals surface area contributed by atoms with Gasteiger partial charge in [-0.15, -0.1) is 0 Å². The lowest BCUT2D eigenvalue weighted by Gasteiger charge is -2.41. The Kier molecular flexibility index (Phi) is 9.49. The molecule has 1 heterocycles. The Morgan fingerprint density at radius 1 is 1.25 bits per heavy atom. The maximum absolute atomic E-state index is 5.37. The van der Waals surface area contributed by atoms with Crippen LogP contribution in [0.3, 0.4) is 0 Å². The van der Waals surface area contributed by atoms with Gasteiger partial charge in [-0.2, -0.15) is 0 Å². The van der Waals surface area contributed by atoms with E-state index in [4.69, 9.17) is 4.74 Å². The standard InChI is InChI=1S/C17H36N2O/c1-5-9-16(18-11-6-2)17(7-3)19-12-8-10-15(13-19)14-20-4/h15-18H,5-14H2,1-4H3. The van der Waals surface area contributed by atoms with Crippen LogP contribution in [0, 0.1) is 5.92 Å². The summed E-state index contributed by atoms with van der Waals surface area (Å²) in [6.45, 7) is 11.5. The molecular formula is C17H36N2O. The van der Waals surface area contributed by atoms with Crippen LogP contribution < -0.4 is 5.32 Å². The molecule has 0 bridgehead atoms. The van der Waals surface area contributed by atoms with Crippen LogP contribution in [-0.2, 0) is 4.74 Å². The fourth-order valence-electron chi connectivity index (χ4n) is 3.64. The third-order valence-electron chi connectivity index (χ3n) is 4.56. The van der Waals surface area contributed by atoms with E-state index in [-0.39, 0.29) is 0 Å². The van der Waals surface area contributed by atoms with E-state index in [0.717, 1.165) is 19.1 Å². The van der Waals surface area contributed by atoms with Crippen molar-refractivity contribution in [1.29, 1.82) is 0 Å². The number of hydrogen-bond donors (Lipinski definition) is 1. The predicted octanol–water partition coefficient (Wildman–Crippen LogP) is 3.29. The first-order valence-electron chi connectivity index (χ1n) is 8.73. The number of methoxy groups -OCH3 is 1.